The van der Waals surface area contributed by atoms with Gasteiger partial charge in [-0.1, -0.05) is 11.3 Å². The fourth-order valence-corrected chi connectivity index (χ4v) is 2.31. The summed E-state index contributed by atoms with van der Waals surface area (Å²) in [6.45, 7) is 0. The van der Waals surface area contributed by atoms with Crippen molar-refractivity contribution in [3.8, 4) is 21.9 Å². The summed E-state index contributed by atoms with van der Waals surface area (Å²) in [4.78, 5) is 5.30. The second-order valence-electron chi connectivity index (χ2n) is 3.35. The Labute approximate surface area is 104 Å². The minimum Gasteiger partial charge on any atom is -0.497 e. The smallest absolute Gasteiger partial charge is 0.182 e. The van der Waals surface area contributed by atoms with Crippen molar-refractivity contribution in [3.63, 3.8) is 0 Å². The van der Waals surface area contributed by atoms with Crippen LogP contribution in [0.2, 0.25) is 0 Å². The van der Waals surface area contributed by atoms with Crippen LogP contribution in [0.3, 0.4) is 0 Å². The summed E-state index contributed by atoms with van der Waals surface area (Å²) >= 11 is 1.58. The maximum Gasteiger partial charge on any atom is 0.182 e. The second kappa shape index (κ2) is 5.05. The van der Waals surface area contributed by atoms with Crippen LogP contribution < -0.4 is 14.8 Å². The minimum absolute atomic E-state index is 0.806. The van der Waals surface area contributed by atoms with Crippen LogP contribution >= 0.6 is 11.3 Å². The van der Waals surface area contributed by atoms with Crippen molar-refractivity contribution in [2.45, 2.75) is 0 Å². The van der Waals surface area contributed by atoms with E-state index in [0.717, 1.165) is 27.1 Å². The Hall–Kier alpha value is -1.75. The van der Waals surface area contributed by atoms with Gasteiger partial charge in [0.2, 0.25) is 0 Å². The van der Waals surface area contributed by atoms with Crippen LogP contribution in [0.4, 0.5) is 5.13 Å². The van der Waals surface area contributed by atoms with Gasteiger partial charge in [-0.05, 0) is 18.2 Å². The van der Waals surface area contributed by atoms with Gasteiger partial charge in [0.25, 0.3) is 0 Å². The summed E-state index contributed by atoms with van der Waals surface area (Å²) in [5, 5.41) is 3.90. The van der Waals surface area contributed by atoms with Crippen LogP contribution in [-0.4, -0.2) is 26.3 Å². The quantitative estimate of drug-likeness (QED) is 0.906. The molecule has 90 valence electrons. The molecular formula is C12H14N2O2S. The molecular weight excluding hydrogens is 236 g/mol. The number of thiazole rings is 1. The van der Waals surface area contributed by atoms with Gasteiger partial charge in [-0.2, -0.15) is 0 Å². The summed E-state index contributed by atoms with van der Waals surface area (Å²) in [6, 6.07) is 5.72. The van der Waals surface area contributed by atoms with Crippen molar-refractivity contribution < 1.29 is 9.47 Å². The number of benzene rings is 1. The number of aromatic nitrogens is 1. The molecule has 0 aliphatic carbocycles. The van der Waals surface area contributed by atoms with Gasteiger partial charge in [0.15, 0.2) is 5.13 Å². The van der Waals surface area contributed by atoms with Crippen LogP contribution in [0, 0.1) is 0 Å². The molecule has 1 N–H and O–H groups in total. The van der Waals surface area contributed by atoms with Crippen LogP contribution in [0.25, 0.3) is 10.4 Å². The molecule has 0 bridgehead atoms. The SMILES string of the molecule is CNc1ncc(-c2cc(OC)ccc2OC)s1. The lowest BCUT2D eigenvalue weighted by Gasteiger charge is -2.08. The molecule has 0 radical (unpaired) electrons. The standard InChI is InChI=1S/C12H14N2O2S/c1-13-12-14-7-11(17-12)9-6-8(15-2)4-5-10(9)16-3/h4-7H,1-3H3,(H,13,14). The molecule has 5 heteroatoms. The third-order valence-corrected chi connectivity index (χ3v) is 3.44. The van der Waals surface area contributed by atoms with E-state index in [9.17, 15) is 0 Å². The number of hydrogen-bond donors (Lipinski definition) is 1. The third-order valence-electron chi connectivity index (χ3n) is 2.39. The molecule has 0 aliphatic heterocycles. The largest absolute Gasteiger partial charge is 0.497 e. The summed E-state index contributed by atoms with van der Waals surface area (Å²) in [7, 11) is 5.16. The summed E-state index contributed by atoms with van der Waals surface area (Å²) in [6.07, 6.45) is 1.83. The molecule has 0 aliphatic rings. The molecule has 4 nitrogen and oxygen atoms in total. The van der Waals surface area contributed by atoms with Crippen molar-refractivity contribution in [1.29, 1.82) is 0 Å². The van der Waals surface area contributed by atoms with Crippen molar-refractivity contribution >= 4 is 16.5 Å². The number of methoxy groups -OCH3 is 2. The highest BCUT2D eigenvalue weighted by Crippen LogP contribution is 2.37. The molecule has 0 amide bonds. The molecule has 0 spiro atoms. The number of anilines is 1. The Kier molecular flexibility index (Phi) is 3.49. The Morgan fingerprint density at radius 2 is 2.06 bits per heavy atom. The van der Waals surface area contributed by atoms with Crippen molar-refractivity contribution in [1.82, 2.24) is 4.98 Å². The maximum atomic E-state index is 5.35. The first-order valence-electron chi connectivity index (χ1n) is 5.14. The normalized spacial score (nSPS) is 10.1. The zero-order chi connectivity index (χ0) is 12.3. The zero-order valence-electron chi connectivity index (χ0n) is 9.98. The third kappa shape index (κ3) is 2.34. The second-order valence-corrected chi connectivity index (χ2v) is 4.38. The number of nitrogens with zero attached hydrogens (tertiary/aromatic N) is 1. The van der Waals surface area contributed by atoms with E-state index in [-0.39, 0.29) is 0 Å². The van der Waals surface area contributed by atoms with Gasteiger partial charge < -0.3 is 14.8 Å². The average Bonchev–Trinajstić information content (AvgIpc) is 2.86. The van der Waals surface area contributed by atoms with E-state index in [0.29, 0.717) is 0 Å². The minimum atomic E-state index is 0.806. The Morgan fingerprint density at radius 3 is 2.65 bits per heavy atom. The zero-order valence-corrected chi connectivity index (χ0v) is 10.8. The monoisotopic (exact) mass is 250 g/mol. The van der Waals surface area contributed by atoms with E-state index in [4.69, 9.17) is 9.47 Å². The van der Waals surface area contributed by atoms with Gasteiger partial charge in [-0.25, -0.2) is 4.98 Å². The Morgan fingerprint density at radius 1 is 1.24 bits per heavy atom. The number of ether oxygens (including phenoxy) is 2. The van der Waals surface area contributed by atoms with Gasteiger partial charge in [0.05, 0.1) is 19.1 Å². The van der Waals surface area contributed by atoms with Crippen molar-refractivity contribution in [2.24, 2.45) is 0 Å². The fourth-order valence-electron chi connectivity index (χ4n) is 1.52. The number of rotatable bonds is 4. The molecule has 1 heterocycles. The topological polar surface area (TPSA) is 43.4 Å². The highest BCUT2D eigenvalue weighted by molar-refractivity contribution is 7.18. The van der Waals surface area contributed by atoms with E-state index >= 15 is 0 Å². The van der Waals surface area contributed by atoms with Gasteiger partial charge in [0.1, 0.15) is 11.5 Å². The lowest BCUT2D eigenvalue weighted by atomic mass is 10.1. The Balaban J connectivity index is 2.47. The molecule has 0 saturated heterocycles. The first-order valence-corrected chi connectivity index (χ1v) is 5.96. The molecule has 1 aromatic heterocycles. The lowest BCUT2D eigenvalue weighted by molar-refractivity contribution is 0.404. The van der Waals surface area contributed by atoms with Gasteiger partial charge in [-0.15, -0.1) is 0 Å². The van der Waals surface area contributed by atoms with E-state index in [2.05, 4.69) is 10.3 Å². The summed E-state index contributed by atoms with van der Waals surface area (Å²) in [5.74, 6) is 1.62. The highest BCUT2D eigenvalue weighted by atomic mass is 32.1. The fraction of sp³-hybridized carbons (Fsp3) is 0.250. The van der Waals surface area contributed by atoms with E-state index in [1.54, 1.807) is 25.6 Å². The van der Waals surface area contributed by atoms with E-state index < -0.39 is 0 Å². The predicted molar refractivity (Wildman–Crippen MR) is 70.2 cm³/mol. The first kappa shape index (κ1) is 11.7. The van der Waals surface area contributed by atoms with Crippen molar-refractivity contribution in [3.05, 3.63) is 24.4 Å². The molecule has 2 rings (SSSR count). The van der Waals surface area contributed by atoms with Gasteiger partial charge in [-0.3, -0.25) is 0 Å². The molecule has 0 unspecified atom stereocenters. The molecule has 0 fully saturated rings. The van der Waals surface area contributed by atoms with E-state index in [1.165, 1.54) is 0 Å². The molecule has 0 saturated carbocycles. The summed E-state index contributed by atoms with van der Waals surface area (Å²) in [5.41, 5.74) is 0.992. The van der Waals surface area contributed by atoms with Crippen LogP contribution in [0.15, 0.2) is 24.4 Å². The maximum absolute atomic E-state index is 5.35. The van der Waals surface area contributed by atoms with Crippen molar-refractivity contribution in [2.75, 3.05) is 26.6 Å². The predicted octanol–water partition coefficient (Wildman–Crippen LogP) is 2.87. The summed E-state index contributed by atoms with van der Waals surface area (Å²) < 4.78 is 10.6. The lowest BCUT2D eigenvalue weighted by Crippen LogP contribution is -1.88. The van der Waals surface area contributed by atoms with Crippen LogP contribution in [0.5, 0.6) is 11.5 Å². The Bertz CT molecular complexity index is 511. The average molecular weight is 250 g/mol. The first-order chi connectivity index (χ1) is 8.28. The molecule has 0 atom stereocenters. The molecule has 17 heavy (non-hydrogen) atoms. The van der Waals surface area contributed by atoms with Gasteiger partial charge in [0, 0.05) is 18.8 Å². The van der Waals surface area contributed by atoms with E-state index in [1.807, 2.05) is 31.4 Å². The molecule has 1 aromatic carbocycles. The van der Waals surface area contributed by atoms with Gasteiger partial charge >= 0.3 is 0 Å². The van der Waals surface area contributed by atoms with Crippen LogP contribution in [-0.2, 0) is 0 Å². The molecule has 2 aromatic rings. The number of hydrogen-bond acceptors (Lipinski definition) is 5. The van der Waals surface area contributed by atoms with Crippen LogP contribution in [0.1, 0.15) is 0 Å². The number of nitrogens with one attached hydrogen (secondary N) is 1. The highest BCUT2D eigenvalue weighted by Gasteiger charge is 2.10.